The fourth-order valence-electron chi connectivity index (χ4n) is 4.93. The zero-order chi connectivity index (χ0) is 30.3. The van der Waals surface area contributed by atoms with Crippen molar-refractivity contribution in [2.75, 3.05) is 19.5 Å². The van der Waals surface area contributed by atoms with Gasteiger partial charge in [0, 0.05) is 12.2 Å². The number of amides is 2. The van der Waals surface area contributed by atoms with Crippen LogP contribution in [0.5, 0.6) is 11.5 Å². The van der Waals surface area contributed by atoms with Crippen molar-refractivity contribution in [2.24, 2.45) is 0 Å². The number of carbonyl (C=O) groups is 2. The minimum Gasteiger partial charge on any atom is -0.497 e. The molecule has 1 aromatic heterocycles. The molecule has 5 rings (SSSR count). The van der Waals surface area contributed by atoms with Crippen LogP contribution in [0.2, 0.25) is 0 Å². The summed E-state index contributed by atoms with van der Waals surface area (Å²) in [5.74, 6) is 1.07. The number of nitrogens with zero attached hydrogens (tertiary/aromatic N) is 4. The Balaban J connectivity index is 1.55. The predicted octanol–water partition coefficient (Wildman–Crippen LogP) is 5.98. The fourth-order valence-corrected chi connectivity index (χ4v) is 4.93. The quantitative estimate of drug-likeness (QED) is 0.207. The van der Waals surface area contributed by atoms with E-state index in [2.05, 4.69) is 29.5 Å². The van der Waals surface area contributed by atoms with Crippen LogP contribution in [0, 0.1) is 0 Å². The average Bonchev–Trinajstić information content (AvgIpc) is 3.44. The summed E-state index contributed by atoms with van der Waals surface area (Å²) in [7, 11) is 3.19. The van der Waals surface area contributed by atoms with Crippen molar-refractivity contribution in [2.45, 2.75) is 38.9 Å². The van der Waals surface area contributed by atoms with Gasteiger partial charge in [0.2, 0.25) is 5.91 Å². The molecule has 0 spiro atoms. The molecule has 0 saturated carbocycles. The normalized spacial score (nSPS) is 11.7. The second-order valence-corrected chi connectivity index (χ2v) is 10.5. The first-order valence-corrected chi connectivity index (χ1v) is 14.1. The van der Waals surface area contributed by atoms with Crippen molar-refractivity contribution in [3.63, 3.8) is 0 Å². The predicted molar refractivity (Wildman–Crippen MR) is 166 cm³/mol. The van der Waals surface area contributed by atoms with E-state index in [9.17, 15) is 9.59 Å². The van der Waals surface area contributed by atoms with Crippen LogP contribution in [0.3, 0.4) is 0 Å². The highest BCUT2D eigenvalue weighted by molar-refractivity contribution is 5.98. The molecular formula is C34H35N5O4. The summed E-state index contributed by atoms with van der Waals surface area (Å²) < 4.78 is 12.2. The van der Waals surface area contributed by atoms with Gasteiger partial charge in [-0.3, -0.25) is 9.59 Å². The van der Waals surface area contributed by atoms with Gasteiger partial charge in [0.05, 0.1) is 19.7 Å². The zero-order valence-electron chi connectivity index (χ0n) is 24.7. The standard InChI is InChI=1S/C34H35N5O4/c1-23(2)25-11-13-26(14-12-25)33(34(41)35-27-15-19-29(43-4)20-16-27)38(21-24-9-17-28(42-3)18-10-24)32(40)22-39-31-8-6-5-7-30(31)36-37-39/h5-20,23,33H,21-22H2,1-4H3,(H,35,41)/t33-/m1/s1. The van der Waals surface area contributed by atoms with Crippen molar-refractivity contribution in [3.05, 3.63) is 114 Å². The lowest BCUT2D eigenvalue weighted by atomic mass is 9.97. The second kappa shape index (κ2) is 13.2. The summed E-state index contributed by atoms with van der Waals surface area (Å²) in [4.78, 5) is 30.0. The van der Waals surface area contributed by atoms with E-state index in [1.165, 1.54) is 0 Å². The minimum absolute atomic E-state index is 0.0902. The van der Waals surface area contributed by atoms with E-state index in [0.29, 0.717) is 34.2 Å². The lowest BCUT2D eigenvalue weighted by Gasteiger charge is -2.32. The van der Waals surface area contributed by atoms with Gasteiger partial charge in [-0.2, -0.15) is 0 Å². The summed E-state index contributed by atoms with van der Waals surface area (Å²) in [6, 6.07) is 29.0. The van der Waals surface area contributed by atoms with E-state index in [1.807, 2.05) is 72.8 Å². The Hall–Kier alpha value is -5.18. The Morgan fingerprint density at radius 3 is 2.05 bits per heavy atom. The number of ether oxygens (including phenoxy) is 2. The van der Waals surface area contributed by atoms with Crippen molar-refractivity contribution >= 4 is 28.5 Å². The number of rotatable bonds is 11. The van der Waals surface area contributed by atoms with Crippen LogP contribution in [0.1, 0.15) is 42.5 Å². The van der Waals surface area contributed by atoms with E-state index < -0.39 is 6.04 Å². The van der Waals surface area contributed by atoms with Crippen LogP contribution in [0.15, 0.2) is 97.1 Å². The Labute approximate surface area is 251 Å². The molecule has 4 aromatic carbocycles. The molecule has 0 unspecified atom stereocenters. The number of nitrogens with one attached hydrogen (secondary N) is 1. The number of benzene rings is 4. The van der Waals surface area contributed by atoms with Gasteiger partial charge in [-0.1, -0.05) is 67.6 Å². The maximum Gasteiger partial charge on any atom is 0.251 e. The molecule has 43 heavy (non-hydrogen) atoms. The highest BCUT2D eigenvalue weighted by Gasteiger charge is 2.32. The number of anilines is 1. The molecule has 1 heterocycles. The Morgan fingerprint density at radius 2 is 1.42 bits per heavy atom. The Morgan fingerprint density at radius 1 is 0.814 bits per heavy atom. The largest absolute Gasteiger partial charge is 0.497 e. The third-order valence-electron chi connectivity index (χ3n) is 7.37. The monoisotopic (exact) mass is 577 g/mol. The molecule has 0 aliphatic carbocycles. The Bertz CT molecular complexity index is 1680. The van der Waals surface area contributed by atoms with Crippen LogP contribution < -0.4 is 14.8 Å². The Kier molecular flexibility index (Phi) is 9.00. The smallest absolute Gasteiger partial charge is 0.251 e. The van der Waals surface area contributed by atoms with Gasteiger partial charge in [0.15, 0.2) is 0 Å². The average molecular weight is 578 g/mol. The van der Waals surface area contributed by atoms with Gasteiger partial charge in [-0.25, -0.2) is 4.68 Å². The van der Waals surface area contributed by atoms with E-state index in [4.69, 9.17) is 9.47 Å². The summed E-state index contributed by atoms with van der Waals surface area (Å²) >= 11 is 0. The minimum atomic E-state index is -0.937. The highest BCUT2D eigenvalue weighted by Crippen LogP contribution is 2.29. The lowest BCUT2D eigenvalue weighted by Crippen LogP contribution is -2.42. The number of carbonyl (C=O) groups excluding carboxylic acids is 2. The summed E-state index contributed by atoms with van der Waals surface area (Å²) in [6.45, 7) is 4.32. The van der Waals surface area contributed by atoms with Gasteiger partial charge < -0.3 is 19.7 Å². The van der Waals surface area contributed by atoms with Crippen LogP contribution in [-0.4, -0.2) is 45.9 Å². The number of fused-ring (bicyclic) bond motifs is 1. The van der Waals surface area contributed by atoms with E-state index in [0.717, 1.165) is 16.6 Å². The molecule has 0 aliphatic rings. The zero-order valence-corrected chi connectivity index (χ0v) is 24.7. The summed E-state index contributed by atoms with van der Waals surface area (Å²) in [5, 5.41) is 11.5. The van der Waals surface area contributed by atoms with Crippen molar-refractivity contribution < 1.29 is 19.1 Å². The third kappa shape index (κ3) is 6.83. The number of para-hydroxylation sites is 1. The van der Waals surface area contributed by atoms with Gasteiger partial charge in [-0.05, 0) is 71.1 Å². The number of methoxy groups -OCH3 is 2. The molecule has 0 radical (unpaired) electrons. The van der Waals surface area contributed by atoms with Crippen molar-refractivity contribution in [3.8, 4) is 11.5 Å². The molecule has 0 bridgehead atoms. The maximum absolute atomic E-state index is 14.2. The van der Waals surface area contributed by atoms with Gasteiger partial charge in [0.25, 0.3) is 5.91 Å². The molecule has 9 heteroatoms. The molecule has 2 amide bonds. The first-order valence-electron chi connectivity index (χ1n) is 14.1. The van der Waals surface area contributed by atoms with Crippen molar-refractivity contribution in [1.29, 1.82) is 0 Å². The lowest BCUT2D eigenvalue weighted by molar-refractivity contribution is -0.140. The van der Waals surface area contributed by atoms with Gasteiger partial charge in [-0.15, -0.1) is 5.10 Å². The molecule has 220 valence electrons. The van der Waals surface area contributed by atoms with E-state index in [1.54, 1.807) is 48.1 Å². The molecule has 0 aliphatic heterocycles. The molecule has 5 aromatic rings. The molecular weight excluding hydrogens is 542 g/mol. The first kappa shape index (κ1) is 29.3. The highest BCUT2D eigenvalue weighted by atomic mass is 16.5. The first-order chi connectivity index (χ1) is 20.9. The van der Waals surface area contributed by atoms with E-state index >= 15 is 0 Å². The van der Waals surface area contributed by atoms with Crippen LogP contribution >= 0.6 is 0 Å². The molecule has 0 saturated heterocycles. The van der Waals surface area contributed by atoms with Crippen LogP contribution in [0.4, 0.5) is 5.69 Å². The van der Waals surface area contributed by atoms with Gasteiger partial charge in [0.1, 0.15) is 29.6 Å². The topological polar surface area (TPSA) is 98.6 Å². The number of aromatic nitrogens is 3. The maximum atomic E-state index is 14.2. The number of hydrogen-bond donors (Lipinski definition) is 1. The molecule has 1 N–H and O–H groups in total. The summed E-state index contributed by atoms with van der Waals surface area (Å²) in [6.07, 6.45) is 0. The second-order valence-electron chi connectivity index (χ2n) is 10.5. The summed E-state index contributed by atoms with van der Waals surface area (Å²) in [5.41, 5.74) is 4.70. The van der Waals surface area contributed by atoms with Crippen LogP contribution in [-0.2, 0) is 22.7 Å². The fraction of sp³-hybridized carbons (Fsp3) is 0.235. The molecule has 1 atom stereocenters. The van der Waals surface area contributed by atoms with Crippen molar-refractivity contribution in [1.82, 2.24) is 19.9 Å². The van der Waals surface area contributed by atoms with Gasteiger partial charge >= 0.3 is 0 Å². The third-order valence-corrected chi connectivity index (χ3v) is 7.37. The number of hydrogen-bond acceptors (Lipinski definition) is 6. The SMILES string of the molecule is COc1ccc(CN(C(=O)Cn2nnc3ccccc32)[C@@H](C(=O)Nc2ccc(OC)cc2)c2ccc(C(C)C)cc2)cc1. The van der Waals surface area contributed by atoms with Crippen LogP contribution in [0.25, 0.3) is 11.0 Å². The molecule has 9 nitrogen and oxygen atoms in total. The molecule has 0 fully saturated rings. The van der Waals surface area contributed by atoms with E-state index in [-0.39, 0.29) is 24.9 Å².